The van der Waals surface area contributed by atoms with Crippen LogP contribution in [0.3, 0.4) is 0 Å². The van der Waals surface area contributed by atoms with Gasteiger partial charge in [-0.05, 0) is 39.5 Å². The van der Waals surface area contributed by atoms with E-state index in [0.717, 1.165) is 32.1 Å². The van der Waals surface area contributed by atoms with Gasteiger partial charge in [-0.15, -0.1) is 0 Å². The predicted molar refractivity (Wildman–Crippen MR) is 89.0 cm³/mol. The van der Waals surface area contributed by atoms with Crippen molar-refractivity contribution in [2.45, 2.75) is 89.3 Å². The van der Waals surface area contributed by atoms with Gasteiger partial charge >= 0.3 is 5.78 Å². The van der Waals surface area contributed by atoms with Crippen molar-refractivity contribution < 1.29 is 29.6 Å². The van der Waals surface area contributed by atoms with Crippen molar-refractivity contribution in [1.29, 1.82) is 0 Å². The zero-order valence-electron chi connectivity index (χ0n) is 14.7. The van der Waals surface area contributed by atoms with Crippen LogP contribution in [-0.2, 0) is 14.3 Å². The molecular formula is C18H31O6+. The van der Waals surface area contributed by atoms with Crippen LogP contribution in [0.4, 0.5) is 0 Å². The fourth-order valence-electron chi connectivity index (χ4n) is 3.31. The van der Waals surface area contributed by atoms with Gasteiger partial charge in [-0.1, -0.05) is 0 Å². The molecule has 0 aromatic heterocycles. The Morgan fingerprint density at radius 2 is 2.17 bits per heavy atom. The van der Waals surface area contributed by atoms with Crippen LogP contribution in [0.15, 0.2) is 0 Å². The number of aliphatic hydroxyl groups excluding tert-OH is 2. The molecule has 3 rings (SSSR count). The Balaban J connectivity index is 0.000000203. The average Bonchev–Trinajstić information content (AvgIpc) is 3.08. The third-order valence-corrected chi connectivity index (χ3v) is 4.51. The fraction of sp³-hybridized carbons (Fsp3) is 0.833. The first-order valence-electron chi connectivity index (χ1n) is 8.84. The van der Waals surface area contributed by atoms with Crippen LogP contribution in [0.5, 0.6) is 0 Å². The highest BCUT2D eigenvalue weighted by molar-refractivity contribution is 5.88. The molecule has 6 heteroatoms. The van der Waals surface area contributed by atoms with Crippen molar-refractivity contribution in [3.05, 3.63) is 6.42 Å². The number of aliphatic hydroxyl groups is 3. The van der Waals surface area contributed by atoms with Gasteiger partial charge in [0.2, 0.25) is 0 Å². The van der Waals surface area contributed by atoms with E-state index in [2.05, 4.69) is 0 Å². The zero-order valence-corrected chi connectivity index (χ0v) is 14.7. The maximum absolute atomic E-state index is 10.2. The number of hydrogen-bond acceptors (Lipinski definition) is 6. The van der Waals surface area contributed by atoms with Crippen molar-refractivity contribution in [1.82, 2.24) is 0 Å². The van der Waals surface area contributed by atoms with Crippen LogP contribution in [0.25, 0.3) is 0 Å². The van der Waals surface area contributed by atoms with E-state index >= 15 is 0 Å². The summed E-state index contributed by atoms with van der Waals surface area (Å²) in [6.07, 6.45) is 7.94. The minimum absolute atomic E-state index is 0.0145. The van der Waals surface area contributed by atoms with E-state index in [4.69, 9.17) is 9.84 Å². The molecule has 1 heterocycles. The molecule has 24 heavy (non-hydrogen) atoms. The summed E-state index contributed by atoms with van der Waals surface area (Å²) in [5, 5.41) is 28.0. The Kier molecular flexibility index (Phi) is 8.91. The maximum Gasteiger partial charge on any atom is 0.306 e. The smallest absolute Gasteiger partial charge is 0.306 e. The van der Waals surface area contributed by atoms with Gasteiger partial charge in [0.05, 0.1) is 31.2 Å². The lowest BCUT2D eigenvalue weighted by Gasteiger charge is -2.41. The standard InChI is InChI=1S/C9H16O3.C5H7O.C4H8O2/c1-6-5-8(10)7-3-2-4-9(7,11)12-6;6-5-3-1-2-4-5;1-4(6)2-3-5/h6-8,10-11H,2-5H2,1H3;3H,1-2,4H2;3-4,6H,2H2,1H3/q;+1;/t6?,7?,8-,9-;;4-/m1.0/s1. The van der Waals surface area contributed by atoms with Crippen LogP contribution < -0.4 is 0 Å². The molecule has 3 N–H and O–H groups in total. The number of carbonyl (C=O) groups excluding carboxylic acids is 2. The van der Waals surface area contributed by atoms with Gasteiger partial charge in [-0.3, -0.25) is 0 Å². The third kappa shape index (κ3) is 6.89. The van der Waals surface area contributed by atoms with Crippen molar-refractivity contribution >= 4 is 12.1 Å². The van der Waals surface area contributed by atoms with E-state index in [0.29, 0.717) is 24.9 Å². The summed E-state index contributed by atoms with van der Waals surface area (Å²) in [4.78, 5) is 19.6. The SMILES string of the molecule is CC1C[C@@H](O)C2CCC[C@@]2(O)O1.C[C@H](O)CC=O.O=C1[CH+]CCC1. The molecule has 0 bridgehead atoms. The minimum Gasteiger partial charge on any atom is -0.393 e. The summed E-state index contributed by atoms with van der Waals surface area (Å²) < 4.78 is 5.46. The number of aldehydes is 1. The van der Waals surface area contributed by atoms with Crippen LogP contribution >= 0.6 is 0 Å². The van der Waals surface area contributed by atoms with Crippen LogP contribution in [0.2, 0.25) is 0 Å². The Morgan fingerprint density at radius 1 is 1.46 bits per heavy atom. The summed E-state index contributed by atoms with van der Waals surface area (Å²) in [6.45, 7) is 3.48. The molecule has 2 unspecified atom stereocenters. The number of carbonyl (C=O) groups is 2. The van der Waals surface area contributed by atoms with Crippen LogP contribution in [-0.4, -0.2) is 51.5 Å². The summed E-state index contributed by atoms with van der Waals surface area (Å²) in [5.74, 6) is -0.736. The monoisotopic (exact) mass is 343 g/mol. The number of rotatable bonds is 2. The summed E-state index contributed by atoms with van der Waals surface area (Å²) in [7, 11) is 0. The summed E-state index contributed by atoms with van der Waals surface area (Å²) in [5.41, 5.74) is 0. The van der Waals surface area contributed by atoms with Crippen molar-refractivity contribution in [2.75, 3.05) is 0 Å². The molecule has 2 aliphatic carbocycles. The molecule has 0 spiro atoms. The van der Waals surface area contributed by atoms with Gasteiger partial charge in [-0.2, -0.15) is 0 Å². The van der Waals surface area contributed by atoms with Crippen molar-refractivity contribution in [3.8, 4) is 0 Å². The number of hydrogen-bond donors (Lipinski definition) is 3. The highest BCUT2D eigenvalue weighted by atomic mass is 16.6. The summed E-state index contributed by atoms with van der Waals surface area (Å²) >= 11 is 0. The largest absolute Gasteiger partial charge is 0.393 e. The lowest BCUT2D eigenvalue weighted by Crippen LogP contribution is -2.50. The van der Waals surface area contributed by atoms with Crippen LogP contribution in [0, 0.1) is 12.3 Å². The molecule has 2 saturated carbocycles. The van der Waals surface area contributed by atoms with Crippen LogP contribution in [0.1, 0.15) is 65.2 Å². The first kappa shape index (κ1) is 21.1. The first-order chi connectivity index (χ1) is 11.3. The van der Waals surface area contributed by atoms with E-state index < -0.39 is 11.9 Å². The molecule has 138 valence electrons. The number of ketones is 1. The molecule has 0 aromatic rings. The summed E-state index contributed by atoms with van der Waals surface area (Å²) in [6, 6.07) is 0. The maximum atomic E-state index is 10.2. The molecular weight excluding hydrogens is 312 g/mol. The third-order valence-electron chi connectivity index (χ3n) is 4.51. The number of fused-ring (bicyclic) bond motifs is 1. The average molecular weight is 343 g/mol. The van der Waals surface area contributed by atoms with Crippen molar-refractivity contribution in [3.63, 3.8) is 0 Å². The van der Waals surface area contributed by atoms with Crippen molar-refractivity contribution in [2.24, 2.45) is 5.92 Å². The van der Waals surface area contributed by atoms with E-state index in [1.54, 1.807) is 13.3 Å². The quantitative estimate of drug-likeness (QED) is 0.519. The van der Waals surface area contributed by atoms with Gasteiger partial charge in [0.25, 0.3) is 0 Å². The molecule has 1 saturated heterocycles. The molecule has 0 aromatic carbocycles. The second-order valence-corrected chi connectivity index (χ2v) is 6.89. The molecule has 6 nitrogen and oxygen atoms in total. The Hall–Kier alpha value is -0.950. The fourth-order valence-corrected chi connectivity index (χ4v) is 3.31. The van der Waals surface area contributed by atoms with Gasteiger partial charge < -0.3 is 24.9 Å². The molecule has 1 aliphatic heterocycles. The van der Waals surface area contributed by atoms with Gasteiger partial charge in [-0.25, -0.2) is 4.79 Å². The zero-order chi connectivity index (χ0) is 18.2. The Labute approximate surface area is 144 Å². The normalized spacial score (nSPS) is 35.5. The van der Waals surface area contributed by atoms with Gasteiger partial charge in [0, 0.05) is 18.8 Å². The highest BCUT2D eigenvalue weighted by Gasteiger charge is 2.50. The number of ether oxygens (including phenoxy) is 1. The highest BCUT2D eigenvalue weighted by Crippen LogP contribution is 2.44. The molecule has 0 radical (unpaired) electrons. The van der Waals surface area contributed by atoms with Gasteiger partial charge in [0.1, 0.15) is 12.7 Å². The minimum atomic E-state index is -1.02. The lowest BCUT2D eigenvalue weighted by molar-refractivity contribution is -0.289. The Morgan fingerprint density at radius 3 is 2.58 bits per heavy atom. The molecule has 0 amide bonds. The lowest BCUT2D eigenvalue weighted by atomic mass is 9.89. The predicted octanol–water partition coefficient (Wildman–Crippen LogP) is 1.54. The topological polar surface area (TPSA) is 104 Å². The second kappa shape index (κ2) is 10.1. The number of Topliss-reactive ketones (excluding diaryl/α,β-unsaturated/α-hetero) is 1. The molecule has 5 atom stereocenters. The van der Waals surface area contributed by atoms with E-state index in [1.165, 1.54) is 0 Å². The first-order valence-corrected chi connectivity index (χ1v) is 8.84. The molecule has 3 aliphatic rings. The van der Waals surface area contributed by atoms with E-state index in [-0.39, 0.29) is 24.5 Å². The molecule has 3 fully saturated rings. The second-order valence-electron chi connectivity index (χ2n) is 6.89. The van der Waals surface area contributed by atoms with E-state index in [1.807, 2.05) is 6.92 Å². The van der Waals surface area contributed by atoms with Gasteiger partial charge in [0.15, 0.2) is 5.79 Å². The van der Waals surface area contributed by atoms with E-state index in [9.17, 15) is 19.8 Å². The Bertz CT molecular complexity index is 389.